The molecule has 2 aromatic carbocycles. The van der Waals surface area contributed by atoms with Crippen LogP contribution in [0.3, 0.4) is 0 Å². The lowest BCUT2D eigenvalue weighted by Crippen LogP contribution is -2.14. The lowest BCUT2D eigenvalue weighted by molar-refractivity contribution is 0.552. The number of hydrogen-bond donors (Lipinski definition) is 0. The highest BCUT2D eigenvalue weighted by atomic mass is 79.9. The molecule has 0 aliphatic rings. The van der Waals surface area contributed by atoms with Crippen LogP contribution in [0.1, 0.15) is 29.2 Å². The van der Waals surface area contributed by atoms with Crippen molar-refractivity contribution in [2.45, 2.75) is 27.2 Å². The number of aliphatic imine (C=N–C) groups is 1. The third-order valence-electron chi connectivity index (χ3n) is 3.88. The average molecular weight is 359 g/mol. The van der Waals surface area contributed by atoms with Gasteiger partial charge in [-0.1, -0.05) is 28.1 Å². The van der Waals surface area contributed by atoms with Gasteiger partial charge in [0, 0.05) is 18.1 Å². The molecule has 3 heteroatoms. The Balaban J connectivity index is 2.23. The maximum absolute atomic E-state index is 4.55. The zero-order valence-electron chi connectivity index (χ0n) is 13.7. The van der Waals surface area contributed by atoms with Crippen molar-refractivity contribution in [3.8, 4) is 0 Å². The van der Waals surface area contributed by atoms with Crippen LogP contribution in [0.25, 0.3) is 0 Å². The molecule has 0 saturated heterocycles. The molecule has 2 rings (SSSR count). The van der Waals surface area contributed by atoms with Crippen LogP contribution >= 0.6 is 15.9 Å². The van der Waals surface area contributed by atoms with Gasteiger partial charge in [-0.15, -0.1) is 0 Å². The first kappa shape index (κ1) is 16.8. The minimum atomic E-state index is 0.961. The molecule has 0 saturated carbocycles. The third-order valence-corrected chi connectivity index (χ3v) is 4.41. The minimum Gasteiger partial charge on any atom is -0.366 e. The fourth-order valence-electron chi connectivity index (χ4n) is 2.38. The summed E-state index contributed by atoms with van der Waals surface area (Å²) in [6.45, 7) is 7.42. The minimum absolute atomic E-state index is 0.961. The van der Waals surface area contributed by atoms with E-state index < -0.39 is 0 Å². The normalized spacial score (nSPS) is 11.1. The lowest BCUT2D eigenvalue weighted by Gasteiger charge is -2.12. The molecule has 2 nitrogen and oxygen atoms in total. The Labute approximate surface area is 142 Å². The molecule has 0 unspecified atom stereocenters. The highest BCUT2D eigenvalue weighted by molar-refractivity contribution is 9.10. The third kappa shape index (κ3) is 4.44. The molecule has 0 aliphatic heterocycles. The van der Waals surface area contributed by atoms with Crippen molar-refractivity contribution >= 4 is 28.0 Å². The average Bonchev–Trinajstić information content (AvgIpc) is 2.50. The summed E-state index contributed by atoms with van der Waals surface area (Å²) in [5.74, 6) is 0. The molecule has 2 aromatic rings. The molecular weight excluding hydrogens is 336 g/mol. The maximum Gasteiger partial charge on any atom is 0.0909 e. The Bertz CT molecular complexity index is 637. The SMILES string of the molecule is CCN(C)C=Nc1cc(C)c(Cc2ccc(Br)cc2)c(C)c1. The monoisotopic (exact) mass is 358 g/mol. The molecule has 0 atom stereocenters. The van der Waals surface area contributed by atoms with E-state index in [9.17, 15) is 0 Å². The summed E-state index contributed by atoms with van der Waals surface area (Å²) in [7, 11) is 2.03. The van der Waals surface area contributed by atoms with Gasteiger partial charge in [0.05, 0.1) is 12.0 Å². The van der Waals surface area contributed by atoms with Gasteiger partial charge in [0.1, 0.15) is 0 Å². The largest absolute Gasteiger partial charge is 0.366 e. The summed E-state index contributed by atoms with van der Waals surface area (Å²) in [4.78, 5) is 6.62. The van der Waals surface area contributed by atoms with E-state index in [0.29, 0.717) is 0 Å². The molecule has 0 aromatic heterocycles. The van der Waals surface area contributed by atoms with Crippen LogP contribution < -0.4 is 0 Å². The maximum atomic E-state index is 4.55. The van der Waals surface area contributed by atoms with E-state index in [0.717, 1.165) is 23.1 Å². The molecule has 0 radical (unpaired) electrons. The Hall–Kier alpha value is -1.61. The van der Waals surface area contributed by atoms with E-state index >= 15 is 0 Å². The van der Waals surface area contributed by atoms with Crippen molar-refractivity contribution in [2.75, 3.05) is 13.6 Å². The Morgan fingerprint density at radius 2 is 1.68 bits per heavy atom. The highest BCUT2D eigenvalue weighted by Crippen LogP contribution is 2.25. The molecule has 0 bridgehead atoms. The van der Waals surface area contributed by atoms with Crippen molar-refractivity contribution in [1.82, 2.24) is 4.90 Å². The van der Waals surface area contributed by atoms with Crippen LogP contribution in [0, 0.1) is 13.8 Å². The Morgan fingerprint density at radius 3 is 2.23 bits per heavy atom. The second-order valence-electron chi connectivity index (χ2n) is 5.68. The highest BCUT2D eigenvalue weighted by Gasteiger charge is 2.06. The lowest BCUT2D eigenvalue weighted by atomic mass is 9.95. The van der Waals surface area contributed by atoms with E-state index in [1.54, 1.807) is 0 Å². The van der Waals surface area contributed by atoms with Gasteiger partial charge >= 0.3 is 0 Å². The van der Waals surface area contributed by atoms with E-state index in [-0.39, 0.29) is 0 Å². The van der Waals surface area contributed by atoms with Gasteiger partial charge < -0.3 is 4.90 Å². The number of benzene rings is 2. The fourth-order valence-corrected chi connectivity index (χ4v) is 2.64. The predicted molar refractivity (Wildman–Crippen MR) is 99.3 cm³/mol. The summed E-state index contributed by atoms with van der Waals surface area (Å²) in [6, 6.07) is 12.9. The summed E-state index contributed by atoms with van der Waals surface area (Å²) in [6.07, 6.45) is 2.85. The van der Waals surface area contributed by atoms with Crippen LogP contribution in [0.4, 0.5) is 5.69 Å². The zero-order valence-corrected chi connectivity index (χ0v) is 15.3. The smallest absolute Gasteiger partial charge is 0.0909 e. The van der Waals surface area contributed by atoms with Gasteiger partial charge in [-0.2, -0.15) is 0 Å². The molecule has 0 N–H and O–H groups in total. The first-order chi connectivity index (χ1) is 10.5. The van der Waals surface area contributed by atoms with Crippen molar-refractivity contribution in [3.05, 3.63) is 63.1 Å². The topological polar surface area (TPSA) is 15.6 Å². The molecule has 0 spiro atoms. The quantitative estimate of drug-likeness (QED) is 0.525. The van der Waals surface area contributed by atoms with Crippen molar-refractivity contribution in [3.63, 3.8) is 0 Å². The van der Waals surface area contributed by atoms with Crippen molar-refractivity contribution < 1.29 is 0 Å². The first-order valence-corrected chi connectivity index (χ1v) is 8.38. The number of aryl methyl sites for hydroxylation is 2. The molecule has 0 amide bonds. The second kappa shape index (κ2) is 7.59. The van der Waals surface area contributed by atoms with Gasteiger partial charge in [0.15, 0.2) is 0 Å². The number of halogens is 1. The van der Waals surface area contributed by atoms with Crippen molar-refractivity contribution in [1.29, 1.82) is 0 Å². The number of hydrogen-bond acceptors (Lipinski definition) is 1. The van der Waals surface area contributed by atoms with Gasteiger partial charge in [0.2, 0.25) is 0 Å². The predicted octanol–water partition coefficient (Wildman–Crippen LogP) is 5.27. The zero-order chi connectivity index (χ0) is 16.1. The van der Waals surface area contributed by atoms with Crippen LogP contribution in [-0.2, 0) is 6.42 Å². The molecule has 0 fully saturated rings. The van der Waals surface area contributed by atoms with Gasteiger partial charge in [0.25, 0.3) is 0 Å². The Kier molecular flexibility index (Phi) is 5.78. The molecule has 22 heavy (non-hydrogen) atoms. The molecule has 0 aliphatic carbocycles. The van der Waals surface area contributed by atoms with Crippen LogP contribution in [0.5, 0.6) is 0 Å². The van der Waals surface area contributed by atoms with Crippen LogP contribution in [0.15, 0.2) is 45.9 Å². The van der Waals surface area contributed by atoms with E-state index in [2.05, 4.69) is 83.0 Å². The summed E-state index contributed by atoms with van der Waals surface area (Å²) < 4.78 is 1.12. The van der Waals surface area contributed by atoms with E-state index in [1.807, 2.05) is 13.4 Å². The van der Waals surface area contributed by atoms with E-state index in [4.69, 9.17) is 0 Å². The number of nitrogens with zero attached hydrogens (tertiary/aromatic N) is 2. The fraction of sp³-hybridized carbons (Fsp3) is 0.316. The molecular formula is C19H23BrN2. The van der Waals surface area contributed by atoms with Crippen molar-refractivity contribution in [2.24, 2.45) is 4.99 Å². The van der Waals surface area contributed by atoms with Gasteiger partial charge in [-0.25, -0.2) is 4.99 Å². The van der Waals surface area contributed by atoms with Crippen LogP contribution in [-0.4, -0.2) is 24.8 Å². The van der Waals surface area contributed by atoms with Crippen LogP contribution in [0.2, 0.25) is 0 Å². The first-order valence-electron chi connectivity index (χ1n) is 7.58. The van der Waals surface area contributed by atoms with Gasteiger partial charge in [-0.3, -0.25) is 0 Å². The molecule has 116 valence electrons. The summed E-state index contributed by atoms with van der Waals surface area (Å²) >= 11 is 3.48. The summed E-state index contributed by atoms with van der Waals surface area (Å²) in [5, 5.41) is 0. The molecule has 0 heterocycles. The van der Waals surface area contributed by atoms with E-state index in [1.165, 1.54) is 22.3 Å². The Morgan fingerprint density at radius 1 is 1.09 bits per heavy atom. The second-order valence-corrected chi connectivity index (χ2v) is 6.59. The summed E-state index contributed by atoms with van der Waals surface area (Å²) in [5.41, 5.74) is 6.35. The van der Waals surface area contributed by atoms with Gasteiger partial charge in [-0.05, 0) is 73.7 Å². The number of rotatable bonds is 5. The standard InChI is InChI=1S/C19H23BrN2/c1-5-22(4)13-21-18-10-14(2)19(15(3)11-18)12-16-6-8-17(20)9-7-16/h6-11,13H,5,12H2,1-4H3.